The van der Waals surface area contributed by atoms with Crippen LogP contribution in [0.15, 0.2) is 24.8 Å². The maximum Gasteiger partial charge on any atom is 0.220 e. The van der Waals surface area contributed by atoms with Gasteiger partial charge in [0.05, 0.1) is 5.92 Å². The van der Waals surface area contributed by atoms with Gasteiger partial charge in [0.25, 0.3) is 0 Å². The van der Waals surface area contributed by atoms with Gasteiger partial charge in [-0.2, -0.15) is 0 Å². The van der Waals surface area contributed by atoms with Gasteiger partial charge in [-0.25, -0.2) is 0 Å². The summed E-state index contributed by atoms with van der Waals surface area (Å²) in [6.07, 6.45) is 4.78. The molecule has 0 amide bonds. The number of allylic oxidation sites excluding steroid dienone is 2. The Balaban J connectivity index is 2.35. The summed E-state index contributed by atoms with van der Waals surface area (Å²) in [5, 5.41) is 0. The van der Waals surface area contributed by atoms with Gasteiger partial charge in [0, 0.05) is 14.2 Å². The lowest BCUT2D eigenvalue weighted by atomic mass is 9.84. The third kappa shape index (κ3) is 2.24. The molecule has 1 aliphatic carbocycles. The van der Waals surface area contributed by atoms with Crippen LogP contribution in [0.2, 0.25) is 0 Å². The van der Waals surface area contributed by atoms with Crippen LogP contribution >= 0.6 is 0 Å². The second-order valence-electron chi connectivity index (χ2n) is 5.36. The predicted octanol–water partition coefficient (Wildman–Crippen LogP) is 1.83. The fraction of sp³-hybridized carbons (Fsp3) is 0.667. The molecule has 0 unspecified atom stereocenters. The smallest absolute Gasteiger partial charge is 0.220 e. The molecule has 2 aliphatic rings. The minimum absolute atomic E-state index is 0.0224. The number of rotatable bonds is 4. The van der Waals surface area contributed by atoms with E-state index in [1.807, 2.05) is 0 Å². The van der Waals surface area contributed by atoms with Gasteiger partial charge in [-0.05, 0) is 32.4 Å². The average molecular weight is 282 g/mol. The molecule has 0 bridgehead atoms. The summed E-state index contributed by atoms with van der Waals surface area (Å²) < 4.78 is 23.0. The molecule has 112 valence electrons. The molecule has 0 aromatic carbocycles. The van der Waals surface area contributed by atoms with E-state index in [0.29, 0.717) is 6.42 Å². The Morgan fingerprint density at radius 3 is 2.45 bits per heavy atom. The SMILES string of the molecule is C=CC[C@@H]1C(=O)C=C[C@H]2O[C@](C)(OC)[C@@](C)(OC)O[C@H]12. The van der Waals surface area contributed by atoms with Crippen LogP contribution in [0.5, 0.6) is 0 Å². The number of carbonyl (C=O) groups excluding carboxylic acids is 1. The number of hydrogen-bond acceptors (Lipinski definition) is 5. The maximum absolute atomic E-state index is 12.0. The first-order valence-corrected chi connectivity index (χ1v) is 6.69. The summed E-state index contributed by atoms with van der Waals surface area (Å²) >= 11 is 0. The van der Waals surface area contributed by atoms with E-state index in [1.54, 1.807) is 39.2 Å². The Hall–Kier alpha value is -1.01. The van der Waals surface area contributed by atoms with E-state index in [2.05, 4.69) is 6.58 Å². The zero-order valence-electron chi connectivity index (χ0n) is 12.4. The highest BCUT2D eigenvalue weighted by atomic mass is 16.8. The average Bonchev–Trinajstić information content (AvgIpc) is 2.44. The van der Waals surface area contributed by atoms with Crippen LogP contribution in [0, 0.1) is 5.92 Å². The number of carbonyl (C=O) groups is 1. The molecule has 20 heavy (non-hydrogen) atoms. The van der Waals surface area contributed by atoms with Crippen LogP contribution in [0.25, 0.3) is 0 Å². The molecule has 5 atom stereocenters. The largest absolute Gasteiger partial charge is 0.349 e. The first-order chi connectivity index (χ1) is 9.40. The van der Waals surface area contributed by atoms with Crippen molar-refractivity contribution in [2.75, 3.05) is 14.2 Å². The molecule has 1 fully saturated rings. The van der Waals surface area contributed by atoms with Gasteiger partial charge < -0.3 is 18.9 Å². The summed E-state index contributed by atoms with van der Waals surface area (Å²) in [4.78, 5) is 12.0. The van der Waals surface area contributed by atoms with Gasteiger partial charge in [-0.3, -0.25) is 4.79 Å². The van der Waals surface area contributed by atoms with Gasteiger partial charge >= 0.3 is 0 Å². The number of ether oxygens (including phenoxy) is 4. The molecule has 0 aromatic heterocycles. The van der Waals surface area contributed by atoms with Crippen molar-refractivity contribution in [1.29, 1.82) is 0 Å². The molecule has 0 N–H and O–H groups in total. The molecular weight excluding hydrogens is 260 g/mol. The number of ketones is 1. The Morgan fingerprint density at radius 2 is 1.90 bits per heavy atom. The second kappa shape index (κ2) is 5.41. The van der Waals surface area contributed by atoms with Crippen LogP contribution in [-0.2, 0) is 23.7 Å². The predicted molar refractivity (Wildman–Crippen MR) is 73.0 cm³/mol. The van der Waals surface area contributed by atoms with Crippen molar-refractivity contribution >= 4 is 5.78 Å². The number of hydrogen-bond donors (Lipinski definition) is 0. The van der Waals surface area contributed by atoms with Crippen molar-refractivity contribution in [3.05, 3.63) is 24.8 Å². The molecule has 1 aliphatic heterocycles. The van der Waals surface area contributed by atoms with E-state index in [9.17, 15) is 4.79 Å². The van der Waals surface area contributed by atoms with Crippen LogP contribution in [0.1, 0.15) is 20.3 Å². The van der Waals surface area contributed by atoms with Gasteiger partial charge in [-0.1, -0.05) is 6.08 Å². The summed E-state index contributed by atoms with van der Waals surface area (Å²) in [5.41, 5.74) is 0. The van der Waals surface area contributed by atoms with E-state index in [-0.39, 0.29) is 17.8 Å². The van der Waals surface area contributed by atoms with E-state index < -0.39 is 17.7 Å². The van der Waals surface area contributed by atoms with Crippen LogP contribution in [0.4, 0.5) is 0 Å². The first kappa shape index (κ1) is 15.4. The van der Waals surface area contributed by atoms with Gasteiger partial charge in [-0.15, -0.1) is 6.58 Å². The molecule has 0 radical (unpaired) electrons. The zero-order chi connectivity index (χ0) is 15.0. The first-order valence-electron chi connectivity index (χ1n) is 6.69. The van der Waals surface area contributed by atoms with Gasteiger partial charge in [0.15, 0.2) is 5.78 Å². The summed E-state index contributed by atoms with van der Waals surface area (Å²) in [6, 6.07) is 0. The lowest BCUT2D eigenvalue weighted by molar-refractivity contribution is -0.445. The number of methoxy groups -OCH3 is 2. The normalized spacial score (nSPS) is 44.2. The summed E-state index contributed by atoms with van der Waals surface area (Å²) in [6.45, 7) is 7.21. The van der Waals surface area contributed by atoms with E-state index in [4.69, 9.17) is 18.9 Å². The van der Waals surface area contributed by atoms with E-state index >= 15 is 0 Å². The highest BCUT2D eigenvalue weighted by molar-refractivity contribution is 5.93. The van der Waals surface area contributed by atoms with Crippen molar-refractivity contribution in [2.24, 2.45) is 5.92 Å². The Kier molecular flexibility index (Phi) is 4.16. The Labute approximate surface area is 119 Å². The molecule has 1 heterocycles. The van der Waals surface area contributed by atoms with Gasteiger partial charge in [0.2, 0.25) is 11.6 Å². The molecule has 0 aromatic rings. The molecule has 5 heteroatoms. The van der Waals surface area contributed by atoms with Crippen molar-refractivity contribution in [1.82, 2.24) is 0 Å². The maximum atomic E-state index is 12.0. The van der Waals surface area contributed by atoms with Crippen LogP contribution in [-0.4, -0.2) is 43.8 Å². The number of fused-ring (bicyclic) bond motifs is 1. The molecule has 5 nitrogen and oxygen atoms in total. The lowest BCUT2D eigenvalue weighted by Gasteiger charge is -2.53. The Bertz CT molecular complexity index is 432. The van der Waals surface area contributed by atoms with E-state index in [1.165, 1.54) is 7.11 Å². The Morgan fingerprint density at radius 1 is 1.30 bits per heavy atom. The highest BCUT2D eigenvalue weighted by Crippen LogP contribution is 2.43. The van der Waals surface area contributed by atoms with Crippen molar-refractivity contribution in [2.45, 2.75) is 44.1 Å². The minimum Gasteiger partial charge on any atom is -0.349 e. The third-order valence-corrected chi connectivity index (χ3v) is 4.28. The highest BCUT2D eigenvalue weighted by Gasteiger charge is 2.58. The zero-order valence-corrected chi connectivity index (χ0v) is 12.4. The monoisotopic (exact) mass is 282 g/mol. The third-order valence-electron chi connectivity index (χ3n) is 4.28. The van der Waals surface area contributed by atoms with Crippen LogP contribution < -0.4 is 0 Å². The topological polar surface area (TPSA) is 54.0 Å². The fourth-order valence-electron chi connectivity index (χ4n) is 2.70. The standard InChI is InChI=1S/C15H22O5/c1-6-7-10-11(16)8-9-12-13(10)20-15(3,18-5)14(2,17-4)19-12/h6,8-10,12-13H,1,7H2,2-5H3/t10-,12-,13-,14+,15+/m1/s1. The molecule has 0 spiro atoms. The molecular formula is C15H22O5. The molecule has 1 saturated heterocycles. The van der Waals surface area contributed by atoms with Gasteiger partial charge in [0.1, 0.15) is 12.2 Å². The summed E-state index contributed by atoms with van der Waals surface area (Å²) in [7, 11) is 3.07. The van der Waals surface area contributed by atoms with Crippen LogP contribution in [0.3, 0.4) is 0 Å². The van der Waals surface area contributed by atoms with Crippen molar-refractivity contribution in [3.63, 3.8) is 0 Å². The second-order valence-corrected chi connectivity index (χ2v) is 5.36. The minimum atomic E-state index is -1.09. The lowest BCUT2D eigenvalue weighted by Crippen LogP contribution is -2.67. The fourth-order valence-corrected chi connectivity index (χ4v) is 2.70. The summed E-state index contributed by atoms with van der Waals surface area (Å²) in [5.74, 6) is -2.42. The van der Waals surface area contributed by atoms with E-state index in [0.717, 1.165) is 0 Å². The molecule has 2 rings (SSSR count). The molecule has 0 saturated carbocycles. The van der Waals surface area contributed by atoms with Crippen molar-refractivity contribution in [3.8, 4) is 0 Å². The van der Waals surface area contributed by atoms with Crippen molar-refractivity contribution < 1.29 is 23.7 Å². The quantitative estimate of drug-likeness (QED) is 0.736.